The van der Waals surface area contributed by atoms with Crippen molar-refractivity contribution in [1.29, 1.82) is 0 Å². The van der Waals surface area contributed by atoms with Crippen LogP contribution in [0.3, 0.4) is 0 Å². The first-order valence-electron chi connectivity index (χ1n) is 4.98. The molecule has 1 N–H and O–H groups in total. The summed E-state index contributed by atoms with van der Waals surface area (Å²) in [6.45, 7) is 0. The molecule has 0 saturated heterocycles. The van der Waals surface area contributed by atoms with Crippen LogP contribution in [-0.2, 0) is 14.9 Å². The van der Waals surface area contributed by atoms with Gasteiger partial charge < -0.3 is 4.74 Å². The molecule has 0 saturated carbocycles. The second-order valence-electron chi connectivity index (χ2n) is 3.66. The molecule has 0 aliphatic heterocycles. The zero-order chi connectivity index (χ0) is 15.6. The second-order valence-corrected chi connectivity index (χ2v) is 6.02. The van der Waals surface area contributed by atoms with Gasteiger partial charge >= 0.3 is 12.1 Å². The molecule has 112 valence electrons. The van der Waals surface area contributed by atoms with Crippen LogP contribution in [0.2, 0.25) is 0 Å². The summed E-state index contributed by atoms with van der Waals surface area (Å²) in [5, 5.41) is 0. The maximum absolute atomic E-state index is 12.6. The van der Waals surface area contributed by atoms with Gasteiger partial charge in [-0.15, -0.1) is 0 Å². The standard InChI is InChI=1S/C10H8BrF3O5S/c11-7-4-2-1-3-6(7)9(15)19-8(10(12,13)14)5-20(16,17)18/h1-4,8H,5H2,(H,16,17,18). The minimum Gasteiger partial charge on any atom is -0.448 e. The van der Waals surface area contributed by atoms with Crippen molar-refractivity contribution in [3.05, 3.63) is 34.3 Å². The first kappa shape index (κ1) is 16.9. The Balaban J connectivity index is 2.97. The highest BCUT2D eigenvalue weighted by atomic mass is 79.9. The molecule has 1 aromatic rings. The number of benzene rings is 1. The lowest BCUT2D eigenvalue weighted by molar-refractivity contribution is -0.197. The summed E-state index contributed by atoms with van der Waals surface area (Å²) in [6, 6.07) is 5.53. The molecule has 20 heavy (non-hydrogen) atoms. The molecular formula is C10H8BrF3O5S. The average molecular weight is 377 g/mol. The third kappa shape index (κ3) is 5.10. The van der Waals surface area contributed by atoms with Gasteiger partial charge in [0.05, 0.1) is 5.56 Å². The fourth-order valence-corrected chi connectivity index (χ4v) is 2.29. The number of ether oxygens (including phenoxy) is 1. The first-order chi connectivity index (χ1) is 9.00. The van der Waals surface area contributed by atoms with Crippen LogP contribution in [0.1, 0.15) is 10.4 Å². The number of alkyl halides is 3. The maximum Gasteiger partial charge on any atom is 0.426 e. The summed E-state index contributed by atoms with van der Waals surface area (Å²) >= 11 is 2.95. The van der Waals surface area contributed by atoms with Crippen LogP contribution >= 0.6 is 15.9 Å². The molecule has 1 unspecified atom stereocenters. The average Bonchev–Trinajstić information content (AvgIpc) is 2.25. The van der Waals surface area contributed by atoms with E-state index in [1.54, 1.807) is 0 Å². The van der Waals surface area contributed by atoms with Crippen molar-refractivity contribution in [1.82, 2.24) is 0 Å². The molecule has 1 atom stereocenters. The summed E-state index contributed by atoms with van der Waals surface area (Å²) in [5.74, 6) is -3.12. The largest absolute Gasteiger partial charge is 0.448 e. The van der Waals surface area contributed by atoms with E-state index in [9.17, 15) is 26.4 Å². The molecule has 0 spiro atoms. The van der Waals surface area contributed by atoms with Crippen molar-refractivity contribution in [2.24, 2.45) is 0 Å². The minimum atomic E-state index is -5.12. The molecule has 1 aromatic carbocycles. The summed E-state index contributed by atoms with van der Waals surface area (Å²) in [7, 11) is -4.95. The quantitative estimate of drug-likeness (QED) is 0.644. The van der Waals surface area contributed by atoms with Crippen LogP contribution in [0, 0.1) is 0 Å². The molecule has 5 nitrogen and oxygen atoms in total. The highest BCUT2D eigenvalue weighted by Crippen LogP contribution is 2.26. The van der Waals surface area contributed by atoms with E-state index in [1.165, 1.54) is 24.3 Å². The zero-order valence-electron chi connectivity index (χ0n) is 9.59. The Kier molecular flexibility index (Phi) is 5.16. The molecule has 0 radical (unpaired) electrons. The molecule has 0 aliphatic rings. The molecule has 0 aromatic heterocycles. The Bertz CT molecular complexity index is 599. The molecule has 0 bridgehead atoms. The molecule has 1 rings (SSSR count). The third-order valence-corrected chi connectivity index (χ3v) is 3.49. The Morgan fingerprint density at radius 2 is 1.90 bits per heavy atom. The van der Waals surface area contributed by atoms with Gasteiger partial charge in [-0.05, 0) is 28.1 Å². The van der Waals surface area contributed by atoms with E-state index in [0.29, 0.717) is 0 Å². The number of halogens is 4. The van der Waals surface area contributed by atoms with Crippen molar-refractivity contribution < 1.29 is 35.7 Å². The van der Waals surface area contributed by atoms with Crippen molar-refractivity contribution in [2.45, 2.75) is 12.3 Å². The predicted octanol–water partition coefficient (Wildman–Crippen LogP) is 2.42. The van der Waals surface area contributed by atoms with Crippen LogP contribution in [0.25, 0.3) is 0 Å². The van der Waals surface area contributed by atoms with Gasteiger partial charge in [0, 0.05) is 4.47 Å². The van der Waals surface area contributed by atoms with Gasteiger partial charge in [-0.1, -0.05) is 12.1 Å². The van der Waals surface area contributed by atoms with Gasteiger partial charge in [-0.3, -0.25) is 4.55 Å². The van der Waals surface area contributed by atoms with Crippen LogP contribution in [0.15, 0.2) is 28.7 Å². The lowest BCUT2D eigenvalue weighted by Crippen LogP contribution is -2.39. The molecule has 0 amide bonds. The van der Waals surface area contributed by atoms with Crippen LogP contribution in [-0.4, -0.2) is 37.0 Å². The molecule has 0 heterocycles. The molecule has 0 fully saturated rings. The van der Waals surface area contributed by atoms with Gasteiger partial charge in [0.2, 0.25) is 6.10 Å². The number of rotatable bonds is 4. The van der Waals surface area contributed by atoms with E-state index in [4.69, 9.17) is 4.55 Å². The van der Waals surface area contributed by atoms with Gasteiger partial charge in [0.1, 0.15) is 5.75 Å². The summed E-state index contributed by atoms with van der Waals surface area (Å²) < 4.78 is 71.5. The van der Waals surface area contributed by atoms with E-state index in [0.717, 1.165) is 0 Å². The topological polar surface area (TPSA) is 80.7 Å². The molecular weight excluding hydrogens is 369 g/mol. The first-order valence-corrected chi connectivity index (χ1v) is 7.38. The summed E-state index contributed by atoms with van der Waals surface area (Å²) in [4.78, 5) is 11.6. The van der Waals surface area contributed by atoms with E-state index in [1.807, 2.05) is 0 Å². The van der Waals surface area contributed by atoms with Crippen molar-refractivity contribution in [3.63, 3.8) is 0 Å². The van der Waals surface area contributed by atoms with Gasteiger partial charge in [0.15, 0.2) is 0 Å². The smallest absolute Gasteiger partial charge is 0.426 e. The normalized spacial score (nSPS) is 13.8. The minimum absolute atomic E-state index is 0.192. The van der Waals surface area contributed by atoms with Gasteiger partial charge in [0.25, 0.3) is 10.1 Å². The number of carbonyl (C=O) groups is 1. The van der Waals surface area contributed by atoms with Gasteiger partial charge in [-0.2, -0.15) is 21.6 Å². The van der Waals surface area contributed by atoms with Crippen molar-refractivity contribution in [3.8, 4) is 0 Å². The van der Waals surface area contributed by atoms with E-state index >= 15 is 0 Å². The highest BCUT2D eigenvalue weighted by molar-refractivity contribution is 9.10. The fourth-order valence-electron chi connectivity index (χ4n) is 1.21. The van der Waals surface area contributed by atoms with E-state index < -0.39 is 34.1 Å². The van der Waals surface area contributed by atoms with Crippen LogP contribution in [0.4, 0.5) is 13.2 Å². The molecule has 0 aliphatic carbocycles. The second kappa shape index (κ2) is 6.10. The zero-order valence-corrected chi connectivity index (χ0v) is 12.0. The Hall–Kier alpha value is -1.13. The number of hydrogen-bond acceptors (Lipinski definition) is 4. The Morgan fingerprint density at radius 3 is 2.35 bits per heavy atom. The maximum atomic E-state index is 12.6. The lowest BCUT2D eigenvalue weighted by Gasteiger charge is -2.19. The highest BCUT2D eigenvalue weighted by Gasteiger charge is 2.45. The Morgan fingerprint density at radius 1 is 1.35 bits per heavy atom. The van der Waals surface area contributed by atoms with Crippen LogP contribution < -0.4 is 0 Å². The monoisotopic (exact) mass is 376 g/mol. The fraction of sp³-hybridized carbons (Fsp3) is 0.300. The van der Waals surface area contributed by atoms with Crippen LogP contribution in [0.5, 0.6) is 0 Å². The Labute approximate surface area is 120 Å². The van der Waals surface area contributed by atoms with E-state index in [-0.39, 0.29) is 10.0 Å². The SMILES string of the molecule is O=C(OC(CS(=O)(=O)O)C(F)(F)F)c1ccccc1Br. The lowest BCUT2D eigenvalue weighted by atomic mass is 10.2. The molecule has 10 heteroatoms. The van der Waals surface area contributed by atoms with Crippen molar-refractivity contribution >= 4 is 32.0 Å². The number of carbonyl (C=O) groups excluding carboxylic acids is 1. The predicted molar refractivity (Wildman–Crippen MR) is 65.8 cm³/mol. The van der Waals surface area contributed by atoms with E-state index in [2.05, 4.69) is 20.7 Å². The third-order valence-electron chi connectivity index (χ3n) is 2.07. The van der Waals surface area contributed by atoms with Crippen molar-refractivity contribution in [2.75, 3.05) is 5.75 Å². The van der Waals surface area contributed by atoms with Gasteiger partial charge in [-0.25, -0.2) is 4.79 Å². The summed E-state index contributed by atoms with van der Waals surface area (Å²) in [5.41, 5.74) is -0.197. The summed E-state index contributed by atoms with van der Waals surface area (Å²) in [6.07, 6.45) is -8.07. The number of hydrogen-bond donors (Lipinski definition) is 1. The number of esters is 1.